The van der Waals surface area contributed by atoms with Crippen molar-refractivity contribution in [3.8, 4) is 0 Å². The summed E-state index contributed by atoms with van der Waals surface area (Å²) in [5.74, 6) is 0. The van der Waals surface area contributed by atoms with Crippen molar-refractivity contribution in [3.63, 3.8) is 0 Å². The Morgan fingerprint density at radius 3 is 1.81 bits per heavy atom. The maximum Gasteiger partial charge on any atom is 0.408 e. The molecule has 0 saturated heterocycles. The quantitative estimate of drug-likeness (QED) is 0.425. The maximum atomic E-state index is 6.15. The molecular weight excluding hydrogens is 280 g/mol. The normalized spacial score (nSPS) is 11.5. The summed E-state index contributed by atoms with van der Waals surface area (Å²) >= 11 is 0. The van der Waals surface area contributed by atoms with Crippen molar-refractivity contribution in [3.05, 3.63) is 60.7 Å². The highest BCUT2D eigenvalue weighted by Crippen LogP contribution is 2.09. The fourth-order valence-corrected chi connectivity index (χ4v) is 5.04. The van der Waals surface area contributed by atoms with Crippen LogP contribution in [0.3, 0.4) is 0 Å². The lowest BCUT2D eigenvalue weighted by Gasteiger charge is -2.29. The highest BCUT2D eigenvalue weighted by molar-refractivity contribution is 6.92. The summed E-state index contributed by atoms with van der Waals surface area (Å²) in [5.41, 5.74) is 0. The molecule has 0 radical (unpaired) electrons. The highest BCUT2D eigenvalue weighted by Gasteiger charge is 2.41. The Kier molecular flexibility index (Phi) is 6.14. The van der Waals surface area contributed by atoms with Crippen molar-refractivity contribution in [2.75, 3.05) is 20.5 Å². The molecule has 4 heteroatoms. The van der Waals surface area contributed by atoms with Gasteiger partial charge in [0.2, 0.25) is 0 Å². The molecule has 0 fully saturated rings. The van der Waals surface area contributed by atoms with Gasteiger partial charge in [0.15, 0.2) is 0 Å². The molecule has 0 heterocycles. The molecule has 0 aliphatic heterocycles. The van der Waals surface area contributed by atoms with Crippen LogP contribution in [0.5, 0.6) is 0 Å². The molecule has 0 aliphatic carbocycles. The van der Waals surface area contributed by atoms with Gasteiger partial charge in [0.05, 0.1) is 0 Å². The van der Waals surface area contributed by atoms with Crippen LogP contribution in [0.1, 0.15) is 13.3 Å². The average Bonchev–Trinajstić information content (AvgIpc) is 2.57. The molecule has 0 atom stereocenters. The second kappa shape index (κ2) is 8.10. The Morgan fingerprint density at radius 2 is 1.38 bits per heavy atom. The summed E-state index contributed by atoms with van der Waals surface area (Å²) < 4.78 is 17.6. The summed E-state index contributed by atoms with van der Waals surface area (Å²) in [6, 6.07) is 20.3. The number of ether oxygens (including phenoxy) is 1. The van der Waals surface area contributed by atoms with E-state index in [0.29, 0.717) is 6.61 Å². The summed E-state index contributed by atoms with van der Waals surface area (Å²) in [5, 5.41) is 2.16. The average molecular weight is 302 g/mol. The summed E-state index contributed by atoms with van der Waals surface area (Å²) in [7, 11) is -0.982. The molecule has 0 saturated carbocycles. The lowest BCUT2D eigenvalue weighted by atomic mass is 10.4. The molecule has 2 rings (SSSR count). The Hall–Kier alpha value is -1.46. The number of hydrogen-bond acceptors (Lipinski definition) is 3. The first-order valence-corrected chi connectivity index (χ1v) is 9.03. The first kappa shape index (κ1) is 15.9. The standard InChI is InChI=1S/C17H22O3Si/c1-3-14-19-15-20-21(18-2,16-10-6-4-7-11-16)17-12-8-5-9-13-17/h4-13H,3,14-15H2,1-2H3. The van der Waals surface area contributed by atoms with Crippen LogP contribution in [0.2, 0.25) is 0 Å². The van der Waals surface area contributed by atoms with E-state index in [1.54, 1.807) is 7.11 Å². The molecule has 2 aromatic rings. The monoisotopic (exact) mass is 302 g/mol. The van der Waals surface area contributed by atoms with Crippen LogP contribution >= 0.6 is 0 Å². The zero-order valence-electron chi connectivity index (χ0n) is 12.6. The molecular formula is C17H22O3Si. The second-order valence-corrected chi connectivity index (χ2v) is 7.81. The Bertz CT molecular complexity index is 477. The smallest absolute Gasteiger partial charge is 0.391 e. The minimum Gasteiger partial charge on any atom is -0.391 e. The Balaban J connectivity index is 2.32. The molecule has 0 aliphatic rings. The number of benzene rings is 2. The third-order valence-corrected chi connectivity index (χ3v) is 6.58. The molecule has 112 valence electrons. The van der Waals surface area contributed by atoms with Crippen molar-refractivity contribution in [1.82, 2.24) is 0 Å². The molecule has 3 nitrogen and oxygen atoms in total. The van der Waals surface area contributed by atoms with Crippen molar-refractivity contribution in [2.45, 2.75) is 13.3 Å². The summed E-state index contributed by atoms with van der Waals surface area (Å²) in [6.07, 6.45) is 0.974. The molecule has 0 bridgehead atoms. The largest absolute Gasteiger partial charge is 0.408 e. The molecule has 0 spiro atoms. The minimum absolute atomic E-state index is 0.248. The van der Waals surface area contributed by atoms with Crippen LogP contribution in [0.25, 0.3) is 0 Å². The van der Waals surface area contributed by atoms with Crippen LogP contribution < -0.4 is 10.4 Å². The number of rotatable bonds is 8. The molecule has 0 N–H and O–H groups in total. The SMILES string of the molecule is CCCOCO[Si](OC)(c1ccccc1)c1ccccc1. The van der Waals surface area contributed by atoms with E-state index in [-0.39, 0.29) is 6.79 Å². The van der Waals surface area contributed by atoms with Gasteiger partial charge in [0.25, 0.3) is 0 Å². The first-order valence-electron chi connectivity index (χ1n) is 7.21. The van der Waals surface area contributed by atoms with Crippen LogP contribution in [-0.2, 0) is 13.6 Å². The van der Waals surface area contributed by atoms with Gasteiger partial charge in [-0.25, -0.2) is 0 Å². The van der Waals surface area contributed by atoms with Gasteiger partial charge < -0.3 is 13.6 Å². The third-order valence-electron chi connectivity index (χ3n) is 3.29. The van der Waals surface area contributed by atoms with Gasteiger partial charge in [-0.2, -0.15) is 0 Å². The Morgan fingerprint density at radius 1 is 0.857 bits per heavy atom. The van der Waals surface area contributed by atoms with E-state index in [2.05, 4.69) is 31.2 Å². The molecule has 0 amide bonds. The summed E-state index contributed by atoms with van der Waals surface area (Å²) in [6.45, 7) is 3.02. The van der Waals surface area contributed by atoms with E-state index < -0.39 is 8.56 Å². The second-order valence-electron chi connectivity index (χ2n) is 4.72. The highest BCUT2D eigenvalue weighted by atomic mass is 28.4. The summed E-state index contributed by atoms with van der Waals surface area (Å²) in [4.78, 5) is 0. The van der Waals surface area contributed by atoms with E-state index in [1.165, 1.54) is 0 Å². The topological polar surface area (TPSA) is 27.7 Å². The van der Waals surface area contributed by atoms with Crippen LogP contribution in [-0.4, -0.2) is 29.1 Å². The van der Waals surface area contributed by atoms with Crippen molar-refractivity contribution in [1.29, 1.82) is 0 Å². The molecule has 0 unspecified atom stereocenters. The van der Waals surface area contributed by atoms with Gasteiger partial charge in [-0.05, 0) is 16.8 Å². The fourth-order valence-electron chi connectivity index (χ4n) is 2.27. The predicted octanol–water partition coefficient (Wildman–Crippen LogP) is 2.29. The molecule has 2 aromatic carbocycles. The molecule has 21 heavy (non-hydrogen) atoms. The van der Waals surface area contributed by atoms with Gasteiger partial charge in [0.1, 0.15) is 6.79 Å². The van der Waals surface area contributed by atoms with E-state index in [9.17, 15) is 0 Å². The zero-order chi connectivity index (χ0) is 15.0. The van der Waals surface area contributed by atoms with Gasteiger partial charge in [0, 0.05) is 13.7 Å². The van der Waals surface area contributed by atoms with E-state index >= 15 is 0 Å². The van der Waals surface area contributed by atoms with Crippen molar-refractivity contribution < 1.29 is 13.6 Å². The third kappa shape index (κ3) is 3.80. The van der Waals surface area contributed by atoms with Gasteiger partial charge in [-0.1, -0.05) is 67.6 Å². The van der Waals surface area contributed by atoms with Crippen LogP contribution in [0.4, 0.5) is 0 Å². The van der Waals surface area contributed by atoms with E-state index in [4.69, 9.17) is 13.6 Å². The zero-order valence-corrected chi connectivity index (χ0v) is 13.6. The van der Waals surface area contributed by atoms with Gasteiger partial charge in [-0.15, -0.1) is 0 Å². The Labute approximate surface area is 127 Å². The first-order chi connectivity index (χ1) is 10.3. The van der Waals surface area contributed by atoms with Crippen LogP contribution in [0.15, 0.2) is 60.7 Å². The minimum atomic E-state index is -2.70. The number of hydrogen-bond donors (Lipinski definition) is 0. The van der Waals surface area contributed by atoms with Crippen molar-refractivity contribution in [2.24, 2.45) is 0 Å². The van der Waals surface area contributed by atoms with Gasteiger partial charge >= 0.3 is 8.56 Å². The van der Waals surface area contributed by atoms with Crippen LogP contribution in [0, 0.1) is 0 Å². The molecule has 0 aromatic heterocycles. The van der Waals surface area contributed by atoms with Gasteiger partial charge in [-0.3, -0.25) is 0 Å². The lowest BCUT2D eigenvalue weighted by molar-refractivity contribution is -0.000848. The predicted molar refractivity (Wildman–Crippen MR) is 87.1 cm³/mol. The van der Waals surface area contributed by atoms with E-state index in [1.807, 2.05) is 36.4 Å². The lowest BCUT2D eigenvalue weighted by Crippen LogP contribution is -2.63. The fraction of sp³-hybridized carbons (Fsp3) is 0.294. The van der Waals surface area contributed by atoms with Crippen molar-refractivity contribution >= 4 is 18.9 Å². The maximum absolute atomic E-state index is 6.15. The van der Waals surface area contributed by atoms with E-state index in [0.717, 1.165) is 16.8 Å².